The zero-order chi connectivity index (χ0) is 15.1. The lowest BCUT2D eigenvalue weighted by atomic mass is 10.0. The molecule has 0 N–H and O–H groups in total. The molecule has 0 aliphatic carbocycles. The molecule has 112 valence electrons. The Morgan fingerprint density at radius 3 is 2.45 bits per heavy atom. The van der Waals surface area contributed by atoms with Gasteiger partial charge in [0.15, 0.2) is 0 Å². The van der Waals surface area contributed by atoms with E-state index in [0.29, 0.717) is 16.7 Å². The van der Waals surface area contributed by atoms with Gasteiger partial charge in [0.1, 0.15) is 0 Å². The van der Waals surface area contributed by atoms with Crippen LogP contribution in [-0.2, 0) is 9.53 Å². The fraction of sp³-hybridized carbons (Fsp3) is 0.533. The van der Waals surface area contributed by atoms with E-state index in [9.17, 15) is 4.79 Å². The monoisotopic (exact) mass is 317 g/mol. The zero-order valence-electron chi connectivity index (χ0n) is 12.2. The molecule has 1 unspecified atom stereocenters. The molecule has 0 heterocycles. The van der Waals surface area contributed by atoms with Crippen molar-refractivity contribution in [3.05, 3.63) is 33.8 Å². The highest BCUT2D eigenvalue weighted by Crippen LogP contribution is 2.32. The summed E-state index contributed by atoms with van der Waals surface area (Å²) >= 11 is 12.3. The summed E-state index contributed by atoms with van der Waals surface area (Å²) in [5, 5.41) is 1.24. The number of hydrogen-bond donors (Lipinski definition) is 0. The summed E-state index contributed by atoms with van der Waals surface area (Å²) in [5.74, 6) is -0.222. The van der Waals surface area contributed by atoms with Gasteiger partial charge in [-0.3, -0.25) is 9.69 Å². The van der Waals surface area contributed by atoms with Crippen molar-refractivity contribution in [2.75, 3.05) is 19.7 Å². The third-order valence-electron chi connectivity index (χ3n) is 3.24. The molecular formula is C15H21Cl2NO2. The number of carbonyl (C=O) groups excluding carboxylic acids is 1. The Bertz CT molecular complexity index is 447. The molecule has 0 aliphatic rings. The molecule has 0 spiro atoms. The van der Waals surface area contributed by atoms with E-state index < -0.39 is 0 Å². The van der Waals surface area contributed by atoms with Crippen molar-refractivity contribution in [1.29, 1.82) is 0 Å². The first-order valence-electron chi connectivity index (χ1n) is 6.88. The average Bonchev–Trinajstić information content (AvgIpc) is 2.42. The van der Waals surface area contributed by atoms with Crippen molar-refractivity contribution in [2.45, 2.75) is 33.2 Å². The largest absolute Gasteiger partial charge is 0.466 e. The Hall–Kier alpha value is -0.770. The van der Waals surface area contributed by atoms with Gasteiger partial charge in [0.25, 0.3) is 0 Å². The van der Waals surface area contributed by atoms with E-state index in [1.54, 1.807) is 19.1 Å². The quantitative estimate of drug-likeness (QED) is 0.701. The Kier molecular flexibility index (Phi) is 7.35. The minimum atomic E-state index is -0.222. The van der Waals surface area contributed by atoms with Gasteiger partial charge in [0.2, 0.25) is 0 Å². The second-order valence-corrected chi connectivity index (χ2v) is 5.26. The molecule has 1 aromatic carbocycles. The zero-order valence-corrected chi connectivity index (χ0v) is 13.7. The van der Waals surface area contributed by atoms with Gasteiger partial charge in [0, 0.05) is 16.1 Å². The van der Waals surface area contributed by atoms with Crippen LogP contribution in [0.1, 0.15) is 38.8 Å². The predicted molar refractivity (Wildman–Crippen MR) is 83.4 cm³/mol. The van der Waals surface area contributed by atoms with Crippen LogP contribution in [0.25, 0.3) is 0 Å². The van der Waals surface area contributed by atoms with Crippen LogP contribution in [0.15, 0.2) is 18.2 Å². The Balaban J connectivity index is 3.08. The number of ether oxygens (including phenoxy) is 1. The second-order valence-electron chi connectivity index (χ2n) is 4.41. The maximum Gasteiger partial charge on any atom is 0.307 e. The van der Waals surface area contributed by atoms with Crippen LogP contribution < -0.4 is 0 Å². The Morgan fingerprint density at radius 2 is 1.90 bits per heavy atom. The van der Waals surface area contributed by atoms with Gasteiger partial charge in [-0.25, -0.2) is 0 Å². The van der Waals surface area contributed by atoms with Crippen molar-refractivity contribution in [1.82, 2.24) is 4.90 Å². The highest BCUT2D eigenvalue weighted by atomic mass is 35.5. The average molecular weight is 318 g/mol. The first-order valence-corrected chi connectivity index (χ1v) is 7.63. The number of hydrogen-bond acceptors (Lipinski definition) is 3. The number of carbonyl (C=O) groups is 1. The van der Waals surface area contributed by atoms with E-state index in [1.807, 2.05) is 6.07 Å². The Labute approximate surface area is 130 Å². The van der Waals surface area contributed by atoms with E-state index in [1.165, 1.54) is 0 Å². The summed E-state index contributed by atoms with van der Waals surface area (Å²) in [5.41, 5.74) is 0.871. The Morgan fingerprint density at radius 1 is 1.25 bits per heavy atom. The molecule has 0 bridgehead atoms. The van der Waals surface area contributed by atoms with Crippen LogP contribution in [0.3, 0.4) is 0 Å². The third kappa shape index (κ3) is 4.65. The van der Waals surface area contributed by atoms with E-state index >= 15 is 0 Å². The lowest BCUT2D eigenvalue weighted by molar-refractivity contribution is -0.144. The molecule has 0 radical (unpaired) electrons. The molecule has 1 atom stereocenters. The fourth-order valence-corrected chi connectivity index (χ4v) is 2.67. The SMILES string of the molecule is CCOC(=O)CC(c1cc(Cl)ccc1Cl)N(CC)CC. The second kappa shape index (κ2) is 8.50. The van der Waals surface area contributed by atoms with Gasteiger partial charge in [-0.05, 0) is 43.8 Å². The molecule has 0 amide bonds. The molecule has 3 nitrogen and oxygen atoms in total. The van der Waals surface area contributed by atoms with Crippen molar-refractivity contribution in [2.24, 2.45) is 0 Å². The summed E-state index contributed by atoms with van der Waals surface area (Å²) in [4.78, 5) is 14.0. The molecule has 0 aromatic heterocycles. The highest BCUT2D eigenvalue weighted by Gasteiger charge is 2.24. The number of rotatable bonds is 7. The van der Waals surface area contributed by atoms with Crippen LogP contribution in [0, 0.1) is 0 Å². The molecule has 0 saturated carbocycles. The predicted octanol–water partition coefficient (Wildman–Crippen LogP) is 4.33. The lowest BCUT2D eigenvalue weighted by Gasteiger charge is -2.30. The first-order chi connectivity index (χ1) is 9.53. The smallest absolute Gasteiger partial charge is 0.307 e. The van der Waals surface area contributed by atoms with E-state index in [4.69, 9.17) is 27.9 Å². The van der Waals surface area contributed by atoms with Gasteiger partial charge < -0.3 is 4.74 Å². The van der Waals surface area contributed by atoms with Crippen LogP contribution in [0.5, 0.6) is 0 Å². The maximum absolute atomic E-state index is 11.8. The molecule has 0 aliphatic heterocycles. The number of esters is 1. The summed E-state index contributed by atoms with van der Waals surface area (Å²) < 4.78 is 5.06. The van der Waals surface area contributed by atoms with Gasteiger partial charge in [0.05, 0.1) is 13.0 Å². The maximum atomic E-state index is 11.8. The van der Waals surface area contributed by atoms with Gasteiger partial charge in [-0.15, -0.1) is 0 Å². The molecule has 0 saturated heterocycles. The molecule has 1 rings (SSSR count). The van der Waals surface area contributed by atoms with Gasteiger partial charge >= 0.3 is 5.97 Å². The molecular weight excluding hydrogens is 297 g/mol. The molecule has 1 aromatic rings. The van der Waals surface area contributed by atoms with Gasteiger partial charge in [-0.1, -0.05) is 37.0 Å². The standard InChI is InChI=1S/C15H21Cl2NO2/c1-4-18(5-2)14(10-15(19)20-6-3)12-9-11(16)7-8-13(12)17/h7-9,14H,4-6,10H2,1-3H3. The fourth-order valence-electron chi connectivity index (χ4n) is 2.25. The van der Waals surface area contributed by atoms with Crippen molar-refractivity contribution < 1.29 is 9.53 Å². The normalized spacial score (nSPS) is 12.5. The summed E-state index contributed by atoms with van der Waals surface area (Å²) in [6.45, 7) is 7.94. The van der Waals surface area contributed by atoms with E-state index in [0.717, 1.165) is 18.7 Å². The number of nitrogens with zero attached hydrogens (tertiary/aromatic N) is 1. The topological polar surface area (TPSA) is 29.5 Å². The first kappa shape index (κ1) is 17.3. The summed E-state index contributed by atoms with van der Waals surface area (Å²) in [6.07, 6.45) is 0.273. The third-order valence-corrected chi connectivity index (χ3v) is 3.81. The van der Waals surface area contributed by atoms with Crippen molar-refractivity contribution in [3.8, 4) is 0 Å². The van der Waals surface area contributed by atoms with Gasteiger partial charge in [-0.2, -0.15) is 0 Å². The van der Waals surface area contributed by atoms with Crippen LogP contribution >= 0.6 is 23.2 Å². The van der Waals surface area contributed by atoms with E-state index in [2.05, 4.69) is 18.7 Å². The van der Waals surface area contributed by atoms with Crippen LogP contribution in [-0.4, -0.2) is 30.6 Å². The van der Waals surface area contributed by atoms with Crippen molar-refractivity contribution >= 4 is 29.2 Å². The molecule has 0 fully saturated rings. The van der Waals surface area contributed by atoms with Crippen LogP contribution in [0.4, 0.5) is 0 Å². The van der Waals surface area contributed by atoms with Crippen molar-refractivity contribution in [3.63, 3.8) is 0 Å². The lowest BCUT2D eigenvalue weighted by Crippen LogP contribution is -2.31. The number of halogens is 2. The summed E-state index contributed by atoms with van der Waals surface area (Å²) in [7, 11) is 0. The summed E-state index contributed by atoms with van der Waals surface area (Å²) in [6, 6.07) is 5.22. The van der Waals surface area contributed by atoms with Crippen LogP contribution in [0.2, 0.25) is 10.0 Å². The molecule has 20 heavy (non-hydrogen) atoms. The number of benzene rings is 1. The van der Waals surface area contributed by atoms with E-state index in [-0.39, 0.29) is 18.4 Å². The molecule has 5 heteroatoms. The minimum Gasteiger partial charge on any atom is -0.466 e. The minimum absolute atomic E-state index is 0.116. The highest BCUT2D eigenvalue weighted by molar-refractivity contribution is 6.33.